The largest absolute Gasteiger partial charge is 0.349 e. The van der Waals surface area contributed by atoms with Gasteiger partial charge in [-0.25, -0.2) is 4.98 Å². The fraction of sp³-hybridized carbons (Fsp3) is 0.294. The van der Waals surface area contributed by atoms with Crippen molar-refractivity contribution in [3.63, 3.8) is 0 Å². The van der Waals surface area contributed by atoms with Crippen LogP contribution in [0.4, 0.5) is 11.5 Å². The van der Waals surface area contributed by atoms with Gasteiger partial charge in [0.1, 0.15) is 5.82 Å². The van der Waals surface area contributed by atoms with Crippen LogP contribution in [0.25, 0.3) is 0 Å². The lowest BCUT2D eigenvalue weighted by Crippen LogP contribution is -2.32. The summed E-state index contributed by atoms with van der Waals surface area (Å²) in [5, 5.41) is 6.88. The molecule has 3 rings (SSSR count). The van der Waals surface area contributed by atoms with Crippen molar-refractivity contribution in [3.8, 4) is 0 Å². The molecule has 1 heterocycles. The summed E-state index contributed by atoms with van der Waals surface area (Å²) in [6.07, 6.45) is 6.15. The average molecular weight is 316 g/mol. The zero-order valence-electron chi connectivity index (χ0n) is 12.2. The molecular weight excluding hydrogens is 298 g/mol. The lowest BCUT2D eigenvalue weighted by atomic mass is 10.2. The van der Waals surface area contributed by atoms with Gasteiger partial charge in [0.2, 0.25) is 0 Å². The van der Waals surface area contributed by atoms with E-state index in [1.54, 1.807) is 18.3 Å². The molecule has 1 aromatic carbocycles. The Morgan fingerprint density at radius 2 is 2.00 bits per heavy atom. The molecule has 1 aromatic heterocycles. The number of carbonyl (C=O) groups excluding carboxylic acids is 1. The van der Waals surface area contributed by atoms with Gasteiger partial charge in [0.05, 0.1) is 5.56 Å². The Morgan fingerprint density at radius 3 is 2.68 bits per heavy atom. The van der Waals surface area contributed by atoms with Crippen LogP contribution in [-0.2, 0) is 0 Å². The molecule has 0 saturated heterocycles. The molecule has 0 aliphatic heterocycles. The minimum Gasteiger partial charge on any atom is -0.349 e. The summed E-state index contributed by atoms with van der Waals surface area (Å²) < 4.78 is 0. The summed E-state index contributed by atoms with van der Waals surface area (Å²) >= 11 is 5.95. The highest BCUT2D eigenvalue weighted by Gasteiger charge is 2.17. The number of anilines is 2. The quantitative estimate of drug-likeness (QED) is 0.891. The molecule has 5 heteroatoms. The van der Waals surface area contributed by atoms with Crippen molar-refractivity contribution in [1.29, 1.82) is 0 Å². The molecule has 0 spiro atoms. The predicted molar refractivity (Wildman–Crippen MR) is 88.7 cm³/mol. The molecule has 0 radical (unpaired) electrons. The van der Waals surface area contributed by atoms with Crippen LogP contribution in [0.15, 0.2) is 42.6 Å². The number of nitrogens with zero attached hydrogens (tertiary/aromatic N) is 1. The van der Waals surface area contributed by atoms with Crippen LogP contribution >= 0.6 is 11.6 Å². The zero-order chi connectivity index (χ0) is 15.4. The van der Waals surface area contributed by atoms with Crippen molar-refractivity contribution in [3.05, 3.63) is 53.2 Å². The number of benzene rings is 1. The van der Waals surface area contributed by atoms with E-state index in [1.807, 2.05) is 24.3 Å². The number of carbonyl (C=O) groups is 1. The number of hydrogen-bond acceptors (Lipinski definition) is 3. The molecule has 1 aliphatic carbocycles. The third kappa shape index (κ3) is 3.77. The molecule has 1 saturated carbocycles. The first-order chi connectivity index (χ1) is 10.7. The first kappa shape index (κ1) is 14.9. The van der Waals surface area contributed by atoms with E-state index in [9.17, 15) is 4.79 Å². The van der Waals surface area contributed by atoms with Gasteiger partial charge in [-0.15, -0.1) is 0 Å². The van der Waals surface area contributed by atoms with Crippen LogP contribution in [0.3, 0.4) is 0 Å². The van der Waals surface area contributed by atoms with Crippen molar-refractivity contribution in [2.45, 2.75) is 31.7 Å². The zero-order valence-corrected chi connectivity index (χ0v) is 12.9. The van der Waals surface area contributed by atoms with Crippen molar-refractivity contribution in [2.75, 3.05) is 5.32 Å². The Bertz CT molecular complexity index is 651. The molecule has 0 bridgehead atoms. The number of rotatable bonds is 4. The summed E-state index contributed by atoms with van der Waals surface area (Å²) in [5.74, 6) is 0.633. The fourth-order valence-corrected chi connectivity index (χ4v) is 2.85. The van der Waals surface area contributed by atoms with Crippen LogP contribution < -0.4 is 10.6 Å². The maximum Gasteiger partial charge on any atom is 0.253 e. The van der Waals surface area contributed by atoms with E-state index < -0.39 is 0 Å². The first-order valence-corrected chi connectivity index (χ1v) is 7.88. The molecule has 1 fully saturated rings. The van der Waals surface area contributed by atoms with E-state index in [4.69, 9.17) is 11.6 Å². The topological polar surface area (TPSA) is 54.0 Å². The van der Waals surface area contributed by atoms with Crippen LogP contribution in [-0.4, -0.2) is 16.9 Å². The van der Waals surface area contributed by atoms with E-state index >= 15 is 0 Å². The fourth-order valence-electron chi connectivity index (χ4n) is 2.66. The second-order valence-corrected chi connectivity index (χ2v) is 5.96. The summed E-state index contributed by atoms with van der Waals surface area (Å²) in [4.78, 5) is 16.4. The highest BCUT2D eigenvalue weighted by Crippen LogP contribution is 2.20. The van der Waals surface area contributed by atoms with Gasteiger partial charge in [0.25, 0.3) is 5.91 Å². The van der Waals surface area contributed by atoms with Crippen molar-refractivity contribution in [2.24, 2.45) is 0 Å². The van der Waals surface area contributed by atoms with Crippen LogP contribution in [0.2, 0.25) is 5.02 Å². The molecule has 4 nitrogen and oxygen atoms in total. The number of halogens is 1. The highest BCUT2D eigenvalue weighted by atomic mass is 35.5. The number of pyridine rings is 1. The van der Waals surface area contributed by atoms with E-state index in [-0.39, 0.29) is 5.91 Å². The molecule has 2 aromatic rings. The smallest absolute Gasteiger partial charge is 0.253 e. The molecule has 0 atom stereocenters. The molecule has 114 valence electrons. The maximum absolute atomic E-state index is 12.1. The van der Waals surface area contributed by atoms with E-state index in [0.29, 0.717) is 22.4 Å². The molecule has 0 unspecified atom stereocenters. The van der Waals surface area contributed by atoms with E-state index in [1.165, 1.54) is 12.8 Å². The predicted octanol–water partition coefficient (Wildman–Crippen LogP) is 4.15. The van der Waals surface area contributed by atoms with Gasteiger partial charge >= 0.3 is 0 Å². The maximum atomic E-state index is 12.1. The van der Waals surface area contributed by atoms with Gasteiger partial charge < -0.3 is 10.6 Å². The van der Waals surface area contributed by atoms with Crippen LogP contribution in [0.5, 0.6) is 0 Å². The SMILES string of the molecule is O=C(NC1CCCC1)c1ccc(Nc2cccc(Cl)c2)nc1. The second kappa shape index (κ2) is 6.79. The lowest BCUT2D eigenvalue weighted by Gasteiger charge is -2.12. The number of amides is 1. The molecular formula is C17H18ClN3O. The lowest BCUT2D eigenvalue weighted by molar-refractivity contribution is 0.0937. The van der Waals surface area contributed by atoms with Crippen molar-refractivity contribution in [1.82, 2.24) is 10.3 Å². The van der Waals surface area contributed by atoms with Gasteiger partial charge in [-0.05, 0) is 43.2 Å². The van der Waals surface area contributed by atoms with Gasteiger partial charge in [0, 0.05) is 22.9 Å². The van der Waals surface area contributed by atoms with E-state index in [2.05, 4.69) is 15.6 Å². The third-order valence-corrected chi connectivity index (χ3v) is 4.05. The Balaban J connectivity index is 1.63. The number of aromatic nitrogens is 1. The Hall–Kier alpha value is -2.07. The summed E-state index contributed by atoms with van der Waals surface area (Å²) in [6, 6.07) is 11.3. The molecule has 2 N–H and O–H groups in total. The van der Waals surface area contributed by atoms with Gasteiger partial charge in [-0.2, -0.15) is 0 Å². The summed E-state index contributed by atoms with van der Waals surface area (Å²) in [5.41, 5.74) is 1.45. The van der Waals surface area contributed by atoms with Crippen molar-refractivity contribution < 1.29 is 4.79 Å². The molecule has 1 amide bonds. The van der Waals surface area contributed by atoms with Gasteiger partial charge in [-0.1, -0.05) is 30.5 Å². The molecule has 22 heavy (non-hydrogen) atoms. The van der Waals surface area contributed by atoms with Crippen LogP contribution in [0.1, 0.15) is 36.0 Å². The normalized spacial score (nSPS) is 14.8. The standard InChI is InChI=1S/C17H18ClN3O/c18-13-4-3-7-15(10-13)20-16-9-8-12(11-19-16)17(22)21-14-5-1-2-6-14/h3-4,7-11,14H,1-2,5-6H2,(H,19,20)(H,21,22). The number of nitrogens with one attached hydrogen (secondary N) is 2. The van der Waals surface area contributed by atoms with Crippen LogP contribution in [0, 0.1) is 0 Å². The minimum atomic E-state index is -0.0475. The third-order valence-electron chi connectivity index (χ3n) is 3.81. The Morgan fingerprint density at radius 1 is 1.18 bits per heavy atom. The number of hydrogen-bond donors (Lipinski definition) is 2. The summed E-state index contributed by atoms with van der Waals surface area (Å²) in [6.45, 7) is 0. The van der Waals surface area contributed by atoms with Gasteiger partial charge in [-0.3, -0.25) is 4.79 Å². The highest BCUT2D eigenvalue weighted by molar-refractivity contribution is 6.30. The monoisotopic (exact) mass is 315 g/mol. The molecule has 1 aliphatic rings. The Kier molecular flexibility index (Phi) is 4.59. The Labute approximate surface area is 134 Å². The van der Waals surface area contributed by atoms with Crippen molar-refractivity contribution >= 4 is 29.0 Å². The summed E-state index contributed by atoms with van der Waals surface area (Å²) in [7, 11) is 0. The second-order valence-electron chi connectivity index (χ2n) is 5.52. The van der Waals surface area contributed by atoms with E-state index in [0.717, 1.165) is 18.5 Å². The average Bonchev–Trinajstić information content (AvgIpc) is 3.01. The minimum absolute atomic E-state index is 0.0475. The first-order valence-electron chi connectivity index (χ1n) is 7.50. The van der Waals surface area contributed by atoms with Gasteiger partial charge in [0.15, 0.2) is 0 Å².